The molecular weight excluding hydrogens is 459 g/mol. The van der Waals surface area contributed by atoms with E-state index in [9.17, 15) is 17.6 Å². The van der Waals surface area contributed by atoms with Crippen LogP contribution in [0.3, 0.4) is 0 Å². The second kappa shape index (κ2) is 9.44. The molecule has 172 valence electrons. The van der Waals surface area contributed by atoms with Gasteiger partial charge in [-0.1, -0.05) is 23.7 Å². The number of ether oxygens (including phenoxy) is 2. The first-order valence-electron chi connectivity index (χ1n) is 10.4. The van der Waals surface area contributed by atoms with E-state index in [1.165, 1.54) is 28.6 Å². The Morgan fingerprint density at radius 1 is 1.00 bits per heavy atom. The normalized spacial score (nSPS) is 19.4. The Labute approximate surface area is 191 Å². The van der Waals surface area contributed by atoms with Crippen molar-refractivity contribution in [1.29, 1.82) is 0 Å². The molecule has 2 fully saturated rings. The number of morpholine rings is 1. The Kier molecular flexibility index (Phi) is 6.83. The van der Waals surface area contributed by atoms with Crippen LogP contribution in [0.5, 0.6) is 0 Å². The molecule has 32 heavy (non-hydrogen) atoms. The van der Waals surface area contributed by atoms with E-state index >= 15 is 0 Å². The largest absolute Gasteiger partial charge is 0.381 e. The van der Waals surface area contributed by atoms with Crippen molar-refractivity contribution in [2.75, 3.05) is 44.8 Å². The van der Waals surface area contributed by atoms with E-state index in [2.05, 4.69) is 5.32 Å². The molecule has 2 aliphatic rings. The summed E-state index contributed by atoms with van der Waals surface area (Å²) in [4.78, 5) is 13.4. The molecule has 2 saturated heterocycles. The monoisotopic (exact) mass is 482 g/mol. The van der Waals surface area contributed by atoms with Crippen LogP contribution in [0.15, 0.2) is 47.4 Å². The summed E-state index contributed by atoms with van der Waals surface area (Å²) < 4.78 is 51.6. The molecule has 0 atom stereocenters. The van der Waals surface area contributed by atoms with E-state index in [0.29, 0.717) is 50.5 Å². The maximum absolute atomic E-state index is 13.5. The van der Waals surface area contributed by atoms with Crippen molar-refractivity contribution in [3.05, 3.63) is 58.9 Å². The van der Waals surface area contributed by atoms with E-state index in [0.717, 1.165) is 0 Å². The third-order valence-corrected chi connectivity index (χ3v) is 8.33. The van der Waals surface area contributed by atoms with E-state index in [1.807, 2.05) is 0 Å². The topological polar surface area (TPSA) is 84.9 Å². The number of hydrogen-bond acceptors (Lipinski definition) is 5. The fraction of sp³-hybridized carbons (Fsp3) is 0.409. The number of carbonyl (C=O) groups excluding carboxylic acids is 1. The third kappa shape index (κ3) is 4.53. The fourth-order valence-corrected chi connectivity index (χ4v) is 6.00. The Morgan fingerprint density at radius 2 is 1.62 bits per heavy atom. The highest BCUT2D eigenvalue weighted by Gasteiger charge is 2.42. The standard InChI is InChI=1S/C22H24ClFN2O5S/c23-19-6-5-18(15-20(19)32(28,29)26-9-13-31-14-10-26)25-21(27)22(7-11-30-12-8-22)16-1-3-17(24)4-2-16/h1-6,15H,7-14H2,(H,25,27). The van der Waals surface area contributed by atoms with Crippen LogP contribution < -0.4 is 5.32 Å². The minimum atomic E-state index is -3.84. The molecule has 0 saturated carbocycles. The number of nitrogens with zero attached hydrogens (tertiary/aromatic N) is 1. The number of sulfonamides is 1. The molecule has 0 radical (unpaired) electrons. The maximum atomic E-state index is 13.5. The van der Waals surface area contributed by atoms with Crippen molar-refractivity contribution in [2.24, 2.45) is 0 Å². The molecule has 10 heteroatoms. The van der Waals surface area contributed by atoms with Crippen LogP contribution in [0.2, 0.25) is 5.02 Å². The van der Waals surface area contributed by atoms with Gasteiger partial charge >= 0.3 is 0 Å². The van der Waals surface area contributed by atoms with Gasteiger partial charge in [0.2, 0.25) is 15.9 Å². The van der Waals surface area contributed by atoms with Crippen LogP contribution in [0, 0.1) is 5.82 Å². The summed E-state index contributed by atoms with van der Waals surface area (Å²) in [5.74, 6) is -0.684. The molecule has 2 heterocycles. The zero-order chi connectivity index (χ0) is 22.8. The van der Waals surface area contributed by atoms with Gasteiger partial charge in [-0.2, -0.15) is 4.31 Å². The number of halogens is 2. The number of rotatable bonds is 5. The molecule has 2 aromatic carbocycles. The Morgan fingerprint density at radius 3 is 2.28 bits per heavy atom. The van der Waals surface area contributed by atoms with Gasteiger partial charge in [0.1, 0.15) is 10.7 Å². The minimum Gasteiger partial charge on any atom is -0.381 e. The highest BCUT2D eigenvalue weighted by atomic mass is 35.5. The average molecular weight is 483 g/mol. The van der Waals surface area contributed by atoms with E-state index in [-0.39, 0.29) is 34.7 Å². The third-order valence-electron chi connectivity index (χ3n) is 5.95. The molecule has 1 N–H and O–H groups in total. The van der Waals surface area contributed by atoms with Gasteiger partial charge in [0.05, 0.1) is 23.7 Å². The Balaban J connectivity index is 1.63. The first kappa shape index (κ1) is 23.1. The number of hydrogen-bond donors (Lipinski definition) is 1. The number of anilines is 1. The van der Waals surface area contributed by atoms with Crippen LogP contribution in [0.4, 0.5) is 10.1 Å². The van der Waals surface area contributed by atoms with Gasteiger partial charge in [-0.15, -0.1) is 0 Å². The molecule has 0 aromatic heterocycles. The second-order valence-electron chi connectivity index (χ2n) is 7.82. The molecule has 2 aliphatic heterocycles. The van der Waals surface area contributed by atoms with Gasteiger partial charge in [-0.25, -0.2) is 12.8 Å². The van der Waals surface area contributed by atoms with Crippen molar-refractivity contribution in [2.45, 2.75) is 23.2 Å². The molecular formula is C22H24ClFN2O5S. The van der Waals surface area contributed by atoms with Crippen molar-refractivity contribution in [3.8, 4) is 0 Å². The molecule has 0 unspecified atom stereocenters. The lowest BCUT2D eigenvalue weighted by molar-refractivity contribution is -0.125. The zero-order valence-electron chi connectivity index (χ0n) is 17.4. The molecule has 0 aliphatic carbocycles. The predicted octanol–water partition coefficient (Wildman–Crippen LogP) is 3.19. The predicted molar refractivity (Wildman–Crippen MR) is 118 cm³/mol. The van der Waals surface area contributed by atoms with Gasteiger partial charge in [0, 0.05) is 32.0 Å². The summed E-state index contributed by atoms with van der Waals surface area (Å²) in [6, 6.07) is 10.3. The summed E-state index contributed by atoms with van der Waals surface area (Å²) >= 11 is 6.22. The zero-order valence-corrected chi connectivity index (χ0v) is 18.9. The first-order chi connectivity index (χ1) is 15.3. The van der Waals surface area contributed by atoms with Crippen LogP contribution in [-0.4, -0.2) is 58.1 Å². The van der Waals surface area contributed by atoms with Crippen LogP contribution in [0.25, 0.3) is 0 Å². The van der Waals surface area contributed by atoms with Gasteiger partial charge in [-0.3, -0.25) is 4.79 Å². The molecule has 0 bridgehead atoms. The molecule has 0 spiro atoms. The number of nitrogens with one attached hydrogen (secondary N) is 1. The Bertz CT molecular complexity index is 1080. The summed E-state index contributed by atoms with van der Waals surface area (Å²) in [5, 5.41) is 2.93. The van der Waals surface area contributed by atoms with Gasteiger partial charge in [0.25, 0.3) is 0 Å². The summed E-state index contributed by atoms with van der Waals surface area (Å²) in [5.41, 5.74) is 0.100. The van der Waals surface area contributed by atoms with Crippen molar-refractivity contribution >= 4 is 33.2 Å². The summed E-state index contributed by atoms with van der Waals surface area (Å²) in [6.45, 7) is 1.89. The van der Waals surface area contributed by atoms with Crippen molar-refractivity contribution < 1.29 is 27.1 Å². The lowest BCUT2D eigenvalue weighted by atomic mass is 9.73. The smallest absolute Gasteiger partial charge is 0.244 e. The molecule has 1 amide bonds. The van der Waals surface area contributed by atoms with E-state index in [1.54, 1.807) is 18.2 Å². The summed E-state index contributed by atoms with van der Waals surface area (Å²) in [6.07, 6.45) is 0.855. The van der Waals surface area contributed by atoms with Crippen molar-refractivity contribution in [3.63, 3.8) is 0 Å². The number of carbonyl (C=O) groups is 1. The molecule has 2 aromatic rings. The van der Waals surface area contributed by atoms with Crippen LogP contribution in [-0.2, 0) is 29.7 Å². The highest BCUT2D eigenvalue weighted by Crippen LogP contribution is 2.37. The number of amides is 1. The lowest BCUT2D eigenvalue weighted by Gasteiger charge is -2.36. The summed E-state index contributed by atoms with van der Waals surface area (Å²) in [7, 11) is -3.84. The fourth-order valence-electron chi connectivity index (χ4n) is 4.09. The average Bonchev–Trinajstić information content (AvgIpc) is 2.81. The maximum Gasteiger partial charge on any atom is 0.244 e. The van der Waals surface area contributed by atoms with E-state index < -0.39 is 15.4 Å². The van der Waals surface area contributed by atoms with Crippen molar-refractivity contribution in [1.82, 2.24) is 4.31 Å². The van der Waals surface area contributed by atoms with E-state index in [4.69, 9.17) is 21.1 Å². The van der Waals surface area contributed by atoms with Crippen LogP contribution >= 0.6 is 11.6 Å². The minimum absolute atomic E-state index is 0.0679. The Hall–Kier alpha value is -2.04. The number of benzene rings is 2. The molecule has 7 nitrogen and oxygen atoms in total. The second-order valence-corrected chi connectivity index (χ2v) is 10.1. The molecule has 4 rings (SSSR count). The van der Waals surface area contributed by atoms with Gasteiger partial charge in [-0.05, 0) is 48.7 Å². The SMILES string of the molecule is O=C(Nc1ccc(Cl)c(S(=O)(=O)N2CCOCC2)c1)C1(c2ccc(F)cc2)CCOCC1. The quantitative estimate of drug-likeness (QED) is 0.707. The first-order valence-corrected chi connectivity index (χ1v) is 12.2. The van der Waals surface area contributed by atoms with Gasteiger partial charge in [0.15, 0.2) is 0 Å². The van der Waals surface area contributed by atoms with Gasteiger partial charge < -0.3 is 14.8 Å². The van der Waals surface area contributed by atoms with Crippen LogP contribution in [0.1, 0.15) is 18.4 Å². The lowest BCUT2D eigenvalue weighted by Crippen LogP contribution is -2.45. The highest BCUT2D eigenvalue weighted by molar-refractivity contribution is 7.89.